The average Bonchev–Trinajstić information content (AvgIpc) is 2.33. The van der Waals surface area contributed by atoms with E-state index in [1.807, 2.05) is 24.3 Å². The fraction of sp³-hybridized carbons (Fsp3) is 0. The molecule has 1 aromatic carbocycles. The second-order valence-electron chi connectivity index (χ2n) is 1.73. The molecule has 2 rings (SSSR count). The van der Waals surface area contributed by atoms with Gasteiger partial charge in [0.1, 0.15) is 0 Å². The van der Waals surface area contributed by atoms with Crippen molar-refractivity contribution in [2.75, 3.05) is 0 Å². The second kappa shape index (κ2) is 1.89. The third-order valence-electron chi connectivity index (χ3n) is 1.15. The molecule has 0 atom stereocenters. The maximum Gasteiger partial charge on any atom is 0.275 e. The summed E-state index contributed by atoms with van der Waals surface area (Å²) in [4.78, 5) is 0. The van der Waals surface area contributed by atoms with Crippen molar-refractivity contribution in [3.05, 3.63) is 24.3 Å². The summed E-state index contributed by atoms with van der Waals surface area (Å²) in [6.07, 6.45) is 0. The van der Waals surface area contributed by atoms with Crippen LogP contribution in [0.4, 0.5) is 0 Å². The van der Waals surface area contributed by atoms with Gasteiger partial charge in [-0.2, -0.15) is 0 Å². The molecule has 0 aliphatic carbocycles. The van der Waals surface area contributed by atoms with Gasteiger partial charge in [0.2, 0.25) is 0 Å². The van der Waals surface area contributed by atoms with Gasteiger partial charge in [-0.15, -0.1) is 0 Å². The van der Waals surface area contributed by atoms with Crippen molar-refractivity contribution in [2.45, 2.75) is 0 Å². The van der Waals surface area contributed by atoms with Gasteiger partial charge in [-0.3, -0.25) is 0 Å². The molecular formula is C6H5O2P. The molecule has 46 valence electrons. The minimum atomic E-state index is 0.146. The van der Waals surface area contributed by atoms with Gasteiger partial charge in [-0.1, -0.05) is 12.1 Å². The molecule has 0 aromatic heterocycles. The van der Waals surface area contributed by atoms with Crippen molar-refractivity contribution in [2.24, 2.45) is 0 Å². The molecule has 0 saturated heterocycles. The zero-order valence-electron chi connectivity index (χ0n) is 4.63. The standard InChI is InChI=1S/C6H5O2P/c1-2-4-6-5(3-1)7-9-8-6/h1-4,9H. The van der Waals surface area contributed by atoms with Crippen LogP contribution < -0.4 is 9.05 Å². The predicted molar refractivity (Wildman–Crippen MR) is 36.0 cm³/mol. The average molecular weight is 140 g/mol. The van der Waals surface area contributed by atoms with Crippen molar-refractivity contribution in [3.63, 3.8) is 0 Å². The summed E-state index contributed by atoms with van der Waals surface area (Å²) in [5.41, 5.74) is 0. The molecule has 1 aliphatic rings. The summed E-state index contributed by atoms with van der Waals surface area (Å²) in [6, 6.07) is 7.65. The smallest absolute Gasteiger partial charge is 0.275 e. The van der Waals surface area contributed by atoms with E-state index in [1.54, 1.807) is 0 Å². The molecule has 0 unspecified atom stereocenters. The summed E-state index contributed by atoms with van der Waals surface area (Å²) in [6.45, 7) is 0. The topological polar surface area (TPSA) is 18.5 Å². The lowest BCUT2D eigenvalue weighted by molar-refractivity contribution is 0.603. The number of benzene rings is 1. The first kappa shape index (κ1) is 5.07. The van der Waals surface area contributed by atoms with E-state index in [0.717, 1.165) is 11.5 Å². The Morgan fingerprint density at radius 2 is 1.56 bits per heavy atom. The van der Waals surface area contributed by atoms with Gasteiger partial charge in [0, 0.05) is 0 Å². The molecule has 0 bridgehead atoms. The van der Waals surface area contributed by atoms with E-state index < -0.39 is 0 Å². The molecule has 1 heterocycles. The lowest BCUT2D eigenvalue weighted by atomic mass is 10.3. The fourth-order valence-electron chi connectivity index (χ4n) is 0.729. The Hall–Kier alpha value is -0.750. The maximum atomic E-state index is 5.10. The number of fused-ring (bicyclic) bond motifs is 1. The van der Waals surface area contributed by atoms with E-state index in [4.69, 9.17) is 9.05 Å². The van der Waals surface area contributed by atoms with Crippen molar-refractivity contribution < 1.29 is 9.05 Å². The zero-order valence-corrected chi connectivity index (χ0v) is 5.63. The van der Waals surface area contributed by atoms with Crippen LogP contribution in [0.2, 0.25) is 0 Å². The summed E-state index contributed by atoms with van der Waals surface area (Å²) in [5.74, 6) is 1.71. The summed E-state index contributed by atoms with van der Waals surface area (Å²) < 4.78 is 10.2. The molecule has 0 fully saturated rings. The first-order valence-electron chi connectivity index (χ1n) is 2.64. The van der Waals surface area contributed by atoms with Gasteiger partial charge >= 0.3 is 0 Å². The number of para-hydroxylation sites is 2. The third-order valence-corrected chi connectivity index (χ3v) is 1.76. The van der Waals surface area contributed by atoms with Crippen LogP contribution in [0.15, 0.2) is 24.3 Å². The SMILES string of the molecule is c1ccc2c(c1)OPO2. The molecule has 1 aromatic rings. The highest BCUT2D eigenvalue weighted by Crippen LogP contribution is 2.40. The minimum absolute atomic E-state index is 0.146. The lowest BCUT2D eigenvalue weighted by Gasteiger charge is -1.89. The molecule has 1 aliphatic heterocycles. The van der Waals surface area contributed by atoms with E-state index in [9.17, 15) is 0 Å². The summed E-state index contributed by atoms with van der Waals surface area (Å²) >= 11 is 0. The van der Waals surface area contributed by atoms with Gasteiger partial charge in [-0.25, -0.2) is 0 Å². The highest BCUT2D eigenvalue weighted by atomic mass is 31.1. The molecule has 9 heavy (non-hydrogen) atoms. The lowest BCUT2D eigenvalue weighted by Crippen LogP contribution is -1.66. The van der Waals surface area contributed by atoms with Crippen molar-refractivity contribution in [3.8, 4) is 11.5 Å². The van der Waals surface area contributed by atoms with E-state index >= 15 is 0 Å². The van der Waals surface area contributed by atoms with E-state index in [0.29, 0.717) is 0 Å². The normalized spacial score (nSPS) is 13.8. The Morgan fingerprint density at radius 1 is 1.00 bits per heavy atom. The van der Waals surface area contributed by atoms with Crippen LogP contribution in [0.5, 0.6) is 11.5 Å². The van der Waals surface area contributed by atoms with Crippen molar-refractivity contribution in [1.82, 2.24) is 0 Å². The second-order valence-corrected chi connectivity index (χ2v) is 2.31. The highest BCUT2D eigenvalue weighted by molar-refractivity contribution is 7.27. The van der Waals surface area contributed by atoms with Crippen LogP contribution in [0, 0.1) is 0 Å². The number of hydrogen-bond donors (Lipinski definition) is 0. The fourth-order valence-corrected chi connectivity index (χ4v) is 1.29. The quantitative estimate of drug-likeness (QED) is 0.513. The van der Waals surface area contributed by atoms with Gasteiger partial charge in [0.05, 0.1) is 0 Å². The summed E-state index contributed by atoms with van der Waals surface area (Å²) in [7, 11) is 0.146. The minimum Gasteiger partial charge on any atom is -0.437 e. The molecule has 3 heteroatoms. The molecule has 0 radical (unpaired) electrons. The molecule has 0 amide bonds. The monoisotopic (exact) mass is 140 g/mol. The predicted octanol–water partition coefficient (Wildman–Crippen LogP) is 1.97. The Morgan fingerprint density at radius 3 is 2.11 bits per heavy atom. The Balaban J connectivity index is 2.54. The van der Waals surface area contributed by atoms with Gasteiger partial charge in [-0.05, 0) is 12.1 Å². The molecule has 0 spiro atoms. The van der Waals surface area contributed by atoms with Crippen molar-refractivity contribution >= 4 is 9.03 Å². The van der Waals surface area contributed by atoms with Gasteiger partial charge < -0.3 is 9.05 Å². The third kappa shape index (κ3) is 0.757. The van der Waals surface area contributed by atoms with Gasteiger partial charge in [0.25, 0.3) is 9.03 Å². The van der Waals surface area contributed by atoms with E-state index in [-0.39, 0.29) is 9.03 Å². The zero-order chi connectivity index (χ0) is 6.10. The van der Waals surface area contributed by atoms with Gasteiger partial charge in [0.15, 0.2) is 11.5 Å². The van der Waals surface area contributed by atoms with Crippen LogP contribution in [0.25, 0.3) is 0 Å². The Bertz CT molecular complexity index is 201. The Kier molecular flexibility index (Phi) is 1.06. The number of hydrogen-bond acceptors (Lipinski definition) is 2. The van der Waals surface area contributed by atoms with Crippen LogP contribution in [0.3, 0.4) is 0 Å². The van der Waals surface area contributed by atoms with E-state index in [1.165, 1.54) is 0 Å². The first-order chi connectivity index (χ1) is 4.47. The van der Waals surface area contributed by atoms with Crippen molar-refractivity contribution in [1.29, 1.82) is 0 Å². The summed E-state index contributed by atoms with van der Waals surface area (Å²) in [5, 5.41) is 0. The van der Waals surface area contributed by atoms with E-state index in [2.05, 4.69) is 0 Å². The largest absolute Gasteiger partial charge is 0.437 e. The molecular weight excluding hydrogens is 135 g/mol. The van der Waals surface area contributed by atoms with Crippen LogP contribution >= 0.6 is 9.03 Å². The molecule has 0 saturated carbocycles. The first-order valence-corrected chi connectivity index (χ1v) is 3.46. The molecule has 2 nitrogen and oxygen atoms in total. The Labute approximate surface area is 54.7 Å². The van der Waals surface area contributed by atoms with Crippen LogP contribution in [-0.2, 0) is 0 Å². The molecule has 0 N–H and O–H groups in total. The van der Waals surface area contributed by atoms with Crippen LogP contribution in [-0.4, -0.2) is 0 Å². The number of rotatable bonds is 0. The maximum absolute atomic E-state index is 5.10. The highest BCUT2D eigenvalue weighted by Gasteiger charge is 2.10. The van der Waals surface area contributed by atoms with Crippen LogP contribution in [0.1, 0.15) is 0 Å².